The number of rotatable bonds is 12. The lowest BCUT2D eigenvalue weighted by Crippen LogP contribution is -2.43. The Labute approximate surface area is 142 Å². The fourth-order valence-corrected chi connectivity index (χ4v) is 2.55. The number of nitrogens with zero attached hydrogens (tertiary/aromatic N) is 2. The summed E-state index contributed by atoms with van der Waals surface area (Å²) in [6.45, 7) is 10.3. The van der Waals surface area contributed by atoms with E-state index in [1.165, 1.54) is 38.8 Å². The van der Waals surface area contributed by atoms with Crippen LogP contribution in [0.3, 0.4) is 0 Å². The molecule has 1 saturated heterocycles. The highest BCUT2D eigenvalue weighted by molar-refractivity contribution is 5.79. The largest absolute Gasteiger partial charge is 0.379 e. The van der Waals surface area contributed by atoms with Crippen molar-refractivity contribution < 1.29 is 9.47 Å². The second-order valence-electron chi connectivity index (χ2n) is 5.91. The number of guanidine groups is 1. The highest BCUT2D eigenvalue weighted by Gasteiger charge is 2.09. The molecule has 0 aliphatic carbocycles. The Morgan fingerprint density at radius 2 is 1.65 bits per heavy atom. The standard InChI is InChI=1S/C17H36N4O2/c1-3-4-13-22-15-16-23-14-9-20-17(18-2)19-8-12-21-10-6-5-7-11-21/h3-16H2,1-2H3,(H2,18,19,20). The van der Waals surface area contributed by atoms with Crippen LogP contribution in [0.1, 0.15) is 39.0 Å². The first-order chi connectivity index (χ1) is 11.4. The molecule has 0 aromatic rings. The maximum Gasteiger partial charge on any atom is 0.191 e. The summed E-state index contributed by atoms with van der Waals surface area (Å²) in [6.07, 6.45) is 6.37. The van der Waals surface area contributed by atoms with Crippen molar-refractivity contribution >= 4 is 5.96 Å². The van der Waals surface area contributed by atoms with Crippen molar-refractivity contribution in [2.75, 3.05) is 66.2 Å². The summed E-state index contributed by atoms with van der Waals surface area (Å²) in [6, 6.07) is 0. The maximum atomic E-state index is 5.53. The topological polar surface area (TPSA) is 58.1 Å². The van der Waals surface area contributed by atoms with Gasteiger partial charge in [-0.1, -0.05) is 19.8 Å². The highest BCUT2D eigenvalue weighted by Crippen LogP contribution is 2.07. The van der Waals surface area contributed by atoms with E-state index in [0.29, 0.717) is 19.8 Å². The van der Waals surface area contributed by atoms with E-state index in [0.717, 1.165) is 38.6 Å². The first-order valence-corrected chi connectivity index (χ1v) is 9.19. The third-order valence-electron chi connectivity index (χ3n) is 3.95. The molecule has 1 aliphatic heterocycles. The second-order valence-corrected chi connectivity index (χ2v) is 5.91. The van der Waals surface area contributed by atoms with Crippen LogP contribution in [0.15, 0.2) is 4.99 Å². The Bertz CT molecular complexity index is 294. The molecule has 2 N–H and O–H groups in total. The molecule has 0 radical (unpaired) electrons. The molecule has 136 valence electrons. The average Bonchev–Trinajstić information content (AvgIpc) is 2.59. The molecule has 1 rings (SSSR count). The second kappa shape index (κ2) is 14.7. The Kier molecular flexibility index (Phi) is 12.9. The fourth-order valence-electron chi connectivity index (χ4n) is 2.55. The number of ether oxygens (including phenoxy) is 2. The van der Waals surface area contributed by atoms with E-state index < -0.39 is 0 Å². The number of aliphatic imine (C=N–C) groups is 1. The summed E-state index contributed by atoms with van der Waals surface area (Å²) in [7, 11) is 1.80. The van der Waals surface area contributed by atoms with Crippen molar-refractivity contribution in [3.8, 4) is 0 Å². The van der Waals surface area contributed by atoms with Gasteiger partial charge in [0, 0.05) is 33.3 Å². The molecule has 0 bridgehead atoms. The van der Waals surface area contributed by atoms with Gasteiger partial charge in [-0.3, -0.25) is 4.99 Å². The molecule has 1 fully saturated rings. The van der Waals surface area contributed by atoms with Gasteiger partial charge in [0.1, 0.15) is 0 Å². The minimum atomic E-state index is 0.659. The molecule has 0 saturated carbocycles. The lowest BCUT2D eigenvalue weighted by atomic mass is 10.1. The first kappa shape index (κ1) is 20.2. The molecule has 0 aromatic carbocycles. The van der Waals surface area contributed by atoms with Crippen molar-refractivity contribution in [2.45, 2.75) is 39.0 Å². The summed E-state index contributed by atoms with van der Waals surface area (Å²) < 4.78 is 11.0. The Morgan fingerprint density at radius 3 is 2.35 bits per heavy atom. The van der Waals surface area contributed by atoms with Crippen molar-refractivity contribution in [1.29, 1.82) is 0 Å². The Hall–Kier alpha value is -0.850. The molecule has 0 spiro atoms. The predicted octanol–water partition coefficient (Wildman–Crippen LogP) is 1.47. The number of nitrogens with one attached hydrogen (secondary N) is 2. The third kappa shape index (κ3) is 11.3. The molecule has 1 aliphatic rings. The SMILES string of the molecule is CCCCOCCOCCNC(=NC)NCCN1CCCCC1. The lowest BCUT2D eigenvalue weighted by Gasteiger charge is -2.26. The van der Waals surface area contributed by atoms with Gasteiger partial charge in [0.25, 0.3) is 0 Å². The van der Waals surface area contributed by atoms with E-state index in [1.54, 1.807) is 7.05 Å². The molecule has 0 aromatic heterocycles. The van der Waals surface area contributed by atoms with Crippen molar-refractivity contribution in [2.24, 2.45) is 4.99 Å². The van der Waals surface area contributed by atoms with Crippen LogP contribution in [0.5, 0.6) is 0 Å². The van der Waals surface area contributed by atoms with Gasteiger partial charge in [0.15, 0.2) is 5.96 Å². The first-order valence-electron chi connectivity index (χ1n) is 9.19. The zero-order valence-electron chi connectivity index (χ0n) is 15.1. The van der Waals surface area contributed by atoms with E-state index in [9.17, 15) is 0 Å². The van der Waals surface area contributed by atoms with Gasteiger partial charge in [-0.25, -0.2) is 0 Å². The lowest BCUT2D eigenvalue weighted by molar-refractivity contribution is 0.0487. The van der Waals surface area contributed by atoms with Crippen LogP contribution in [-0.4, -0.2) is 77.1 Å². The molecule has 1 heterocycles. The normalized spacial score (nSPS) is 16.5. The highest BCUT2D eigenvalue weighted by atomic mass is 16.5. The van der Waals surface area contributed by atoms with Gasteiger partial charge < -0.3 is 25.0 Å². The fraction of sp³-hybridized carbons (Fsp3) is 0.941. The zero-order chi connectivity index (χ0) is 16.6. The summed E-state index contributed by atoms with van der Waals surface area (Å²) in [4.78, 5) is 6.75. The van der Waals surface area contributed by atoms with Crippen LogP contribution >= 0.6 is 0 Å². The molecule has 0 amide bonds. The van der Waals surface area contributed by atoms with Crippen molar-refractivity contribution in [3.05, 3.63) is 0 Å². The van der Waals surface area contributed by atoms with Crippen LogP contribution in [-0.2, 0) is 9.47 Å². The van der Waals surface area contributed by atoms with Gasteiger partial charge in [-0.05, 0) is 32.4 Å². The van der Waals surface area contributed by atoms with Crippen LogP contribution < -0.4 is 10.6 Å². The molecular formula is C17H36N4O2. The Morgan fingerprint density at radius 1 is 0.957 bits per heavy atom. The number of likely N-dealkylation sites (tertiary alicyclic amines) is 1. The summed E-state index contributed by atoms with van der Waals surface area (Å²) in [5, 5.41) is 6.63. The summed E-state index contributed by atoms with van der Waals surface area (Å²) >= 11 is 0. The van der Waals surface area contributed by atoms with E-state index in [1.807, 2.05) is 0 Å². The smallest absolute Gasteiger partial charge is 0.191 e. The van der Waals surface area contributed by atoms with Crippen LogP contribution in [0.2, 0.25) is 0 Å². The third-order valence-corrected chi connectivity index (χ3v) is 3.95. The van der Waals surface area contributed by atoms with E-state index >= 15 is 0 Å². The van der Waals surface area contributed by atoms with E-state index in [-0.39, 0.29) is 0 Å². The molecule has 23 heavy (non-hydrogen) atoms. The number of hydrogen-bond acceptors (Lipinski definition) is 4. The number of hydrogen-bond donors (Lipinski definition) is 2. The van der Waals surface area contributed by atoms with E-state index in [2.05, 4.69) is 27.4 Å². The summed E-state index contributed by atoms with van der Waals surface area (Å²) in [5.74, 6) is 0.852. The van der Waals surface area contributed by atoms with Gasteiger partial charge in [0.2, 0.25) is 0 Å². The molecule has 0 atom stereocenters. The van der Waals surface area contributed by atoms with Crippen LogP contribution in [0, 0.1) is 0 Å². The van der Waals surface area contributed by atoms with Crippen LogP contribution in [0.25, 0.3) is 0 Å². The Balaban J connectivity index is 1.91. The zero-order valence-corrected chi connectivity index (χ0v) is 15.1. The van der Waals surface area contributed by atoms with E-state index in [4.69, 9.17) is 9.47 Å². The van der Waals surface area contributed by atoms with Crippen LogP contribution in [0.4, 0.5) is 0 Å². The van der Waals surface area contributed by atoms with Crippen molar-refractivity contribution in [1.82, 2.24) is 15.5 Å². The quantitative estimate of drug-likeness (QED) is 0.323. The minimum absolute atomic E-state index is 0.659. The van der Waals surface area contributed by atoms with Gasteiger partial charge in [-0.15, -0.1) is 0 Å². The maximum absolute atomic E-state index is 5.53. The molecule has 6 nitrogen and oxygen atoms in total. The molecular weight excluding hydrogens is 292 g/mol. The summed E-state index contributed by atoms with van der Waals surface area (Å²) in [5.41, 5.74) is 0. The van der Waals surface area contributed by atoms with Gasteiger partial charge in [0.05, 0.1) is 19.8 Å². The van der Waals surface area contributed by atoms with Crippen molar-refractivity contribution in [3.63, 3.8) is 0 Å². The predicted molar refractivity (Wildman–Crippen MR) is 96.2 cm³/mol. The molecule has 6 heteroatoms. The van der Waals surface area contributed by atoms with Gasteiger partial charge in [-0.2, -0.15) is 0 Å². The minimum Gasteiger partial charge on any atom is -0.379 e. The number of piperidine rings is 1. The average molecular weight is 329 g/mol. The monoisotopic (exact) mass is 328 g/mol. The van der Waals surface area contributed by atoms with Gasteiger partial charge >= 0.3 is 0 Å². The molecule has 0 unspecified atom stereocenters. The number of unbranched alkanes of at least 4 members (excludes halogenated alkanes) is 1.